The number of H-pyrrole nitrogens is 1. The van der Waals surface area contributed by atoms with Crippen molar-refractivity contribution in [1.29, 1.82) is 0 Å². The number of pyridine rings is 1. The Labute approximate surface area is 77.6 Å². The quantitative estimate of drug-likeness (QED) is 0.524. The summed E-state index contributed by atoms with van der Waals surface area (Å²) in [5.74, 6) is -3.21. The fourth-order valence-corrected chi connectivity index (χ4v) is 1.40. The number of carbonyl (C=O) groups is 2. The number of carboxylic acids is 1. The van der Waals surface area contributed by atoms with Crippen molar-refractivity contribution in [3.63, 3.8) is 0 Å². The van der Waals surface area contributed by atoms with Gasteiger partial charge in [-0.05, 0) is 6.07 Å². The lowest BCUT2D eigenvalue weighted by molar-refractivity contribution is -0.141. The van der Waals surface area contributed by atoms with Crippen LogP contribution in [0.15, 0.2) is 16.9 Å². The Hall–Kier alpha value is -2.11. The summed E-state index contributed by atoms with van der Waals surface area (Å²) in [5.41, 5.74) is 0.0449. The molecular weight excluding hydrogens is 188 g/mol. The van der Waals surface area contributed by atoms with Crippen molar-refractivity contribution in [1.82, 2.24) is 4.98 Å². The van der Waals surface area contributed by atoms with Crippen LogP contribution >= 0.6 is 0 Å². The fraction of sp³-hybridized carbons (Fsp3) is 0.125. The summed E-state index contributed by atoms with van der Waals surface area (Å²) in [7, 11) is 0. The van der Waals surface area contributed by atoms with Gasteiger partial charge in [0.2, 0.25) is 11.5 Å². The van der Waals surface area contributed by atoms with Crippen molar-refractivity contribution in [2.24, 2.45) is 0 Å². The number of fused-ring (bicyclic) bond motifs is 1. The second-order valence-electron chi connectivity index (χ2n) is 2.91. The van der Waals surface area contributed by atoms with E-state index in [0.717, 1.165) is 0 Å². The lowest BCUT2D eigenvalue weighted by Gasteiger charge is -2.00. The molecular formula is C8H6N2O4. The number of carbonyl (C=O) groups excluding carboxylic acids is 1. The minimum absolute atomic E-state index is 0.120. The number of aliphatic carboxylic acids is 1. The molecule has 1 aliphatic heterocycles. The predicted octanol–water partition coefficient (Wildman–Crippen LogP) is -0.505. The minimum Gasteiger partial charge on any atom is -0.480 e. The Kier molecular flexibility index (Phi) is 1.63. The number of aromatic amines is 1. The molecule has 0 bridgehead atoms. The molecule has 0 saturated heterocycles. The van der Waals surface area contributed by atoms with Gasteiger partial charge in [-0.3, -0.25) is 14.4 Å². The highest BCUT2D eigenvalue weighted by atomic mass is 16.4. The van der Waals surface area contributed by atoms with Gasteiger partial charge in [-0.25, -0.2) is 0 Å². The fourth-order valence-electron chi connectivity index (χ4n) is 1.40. The molecule has 72 valence electrons. The number of aromatic nitrogens is 1. The molecule has 1 amide bonds. The van der Waals surface area contributed by atoms with Crippen LogP contribution in [0, 0.1) is 0 Å². The number of anilines is 1. The highest BCUT2D eigenvalue weighted by molar-refractivity contribution is 6.13. The van der Waals surface area contributed by atoms with Gasteiger partial charge in [-0.15, -0.1) is 0 Å². The molecule has 6 heteroatoms. The van der Waals surface area contributed by atoms with Crippen LogP contribution in [0.1, 0.15) is 11.6 Å². The van der Waals surface area contributed by atoms with Gasteiger partial charge in [0.1, 0.15) is 0 Å². The molecule has 2 heterocycles. The summed E-state index contributed by atoms with van der Waals surface area (Å²) in [6.45, 7) is 0. The van der Waals surface area contributed by atoms with Gasteiger partial charge < -0.3 is 15.4 Å². The van der Waals surface area contributed by atoms with E-state index in [1.807, 2.05) is 0 Å². The average Bonchev–Trinajstić information content (AvgIpc) is 2.40. The zero-order valence-electron chi connectivity index (χ0n) is 6.90. The second kappa shape index (κ2) is 2.69. The first-order valence-corrected chi connectivity index (χ1v) is 3.86. The third-order valence-electron chi connectivity index (χ3n) is 2.01. The molecule has 6 nitrogen and oxygen atoms in total. The molecule has 2 rings (SSSR count). The van der Waals surface area contributed by atoms with Gasteiger partial charge in [0.15, 0.2) is 5.92 Å². The van der Waals surface area contributed by atoms with Crippen molar-refractivity contribution in [3.05, 3.63) is 28.2 Å². The molecule has 1 atom stereocenters. The van der Waals surface area contributed by atoms with Crippen LogP contribution < -0.4 is 10.9 Å². The third-order valence-corrected chi connectivity index (χ3v) is 2.01. The Morgan fingerprint density at radius 3 is 2.71 bits per heavy atom. The SMILES string of the molecule is O=C(O)C1C(=O)Nc2ccc(=O)[nH]c21. The van der Waals surface area contributed by atoms with Crippen LogP contribution in [0.2, 0.25) is 0 Å². The number of carboxylic acid groups (broad SMARTS) is 1. The van der Waals surface area contributed by atoms with Crippen LogP contribution in [0.5, 0.6) is 0 Å². The molecule has 0 aliphatic carbocycles. The maximum absolute atomic E-state index is 11.2. The number of amides is 1. The van der Waals surface area contributed by atoms with Crippen LogP contribution in [-0.2, 0) is 9.59 Å². The zero-order valence-corrected chi connectivity index (χ0v) is 6.90. The Bertz CT molecular complexity index is 476. The third kappa shape index (κ3) is 1.08. The van der Waals surface area contributed by atoms with E-state index in [0.29, 0.717) is 5.69 Å². The minimum atomic E-state index is -1.31. The van der Waals surface area contributed by atoms with Crippen molar-refractivity contribution >= 4 is 17.6 Å². The standard InChI is InChI=1S/C8H6N2O4/c11-4-2-1-3-6(10-4)5(8(13)14)7(12)9-3/h1-2,5H,(H,9,12)(H,10,11)(H,13,14). The summed E-state index contributed by atoms with van der Waals surface area (Å²) in [5, 5.41) is 11.1. The molecule has 0 fully saturated rings. The predicted molar refractivity (Wildman–Crippen MR) is 46.1 cm³/mol. The first-order chi connectivity index (χ1) is 6.59. The van der Waals surface area contributed by atoms with E-state index >= 15 is 0 Å². The van der Waals surface area contributed by atoms with Gasteiger partial charge in [0.05, 0.1) is 11.4 Å². The van der Waals surface area contributed by atoms with Gasteiger partial charge in [0.25, 0.3) is 0 Å². The van der Waals surface area contributed by atoms with E-state index in [9.17, 15) is 14.4 Å². The molecule has 0 radical (unpaired) electrons. The lowest BCUT2D eigenvalue weighted by Crippen LogP contribution is -2.21. The summed E-state index contributed by atoms with van der Waals surface area (Å²) >= 11 is 0. The first-order valence-electron chi connectivity index (χ1n) is 3.86. The number of rotatable bonds is 1. The summed E-state index contributed by atoms with van der Waals surface area (Å²) in [6.07, 6.45) is 0. The smallest absolute Gasteiger partial charge is 0.322 e. The molecule has 0 aromatic carbocycles. The highest BCUT2D eigenvalue weighted by Crippen LogP contribution is 2.29. The Morgan fingerprint density at radius 1 is 1.36 bits per heavy atom. The molecule has 1 aromatic heterocycles. The van der Waals surface area contributed by atoms with Crippen LogP contribution in [0.25, 0.3) is 0 Å². The molecule has 0 spiro atoms. The first kappa shape index (κ1) is 8.49. The van der Waals surface area contributed by atoms with Gasteiger partial charge in [0, 0.05) is 6.07 Å². The number of hydrogen-bond acceptors (Lipinski definition) is 3. The summed E-state index contributed by atoms with van der Waals surface area (Å²) < 4.78 is 0. The van der Waals surface area contributed by atoms with E-state index in [4.69, 9.17) is 5.11 Å². The zero-order chi connectivity index (χ0) is 10.3. The van der Waals surface area contributed by atoms with Gasteiger partial charge in [-0.1, -0.05) is 0 Å². The van der Waals surface area contributed by atoms with Crippen molar-refractivity contribution in [2.45, 2.75) is 5.92 Å². The number of nitrogens with one attached hydrogen (secondary N) is 2. The molecule has 1 aromatic rings. The molecule has 3 N–H and O–H groups in total. The topological polar surface area (TPSA) is 99.3 Å². The Morgan fingerprint density at radius 2 is 2.07 bits per heavy atom. The van der Waals surface area contributed by atoms with Crippen molar-refractivity contribution in [2.75, 3.05) is 5.32 Å². The largest absolute Gasteiger partial charge is 0.480 e. The maximum atomic E-state index is 11.2. The molecule has 1 aliphatic rings. The average molecular weight is 194 g/mol. The maximum Gasteiger partial charge on any atom is 0.322 e. The second-order valence-corrected chi connectivity index (χ2v) is 2.91. The van der Waals surface area contributed by atoms with Crippen LogP contribution in [0.4, 0.5) is 5.69 Å². The van der Waals surface area contributed by atoms with Crippen molar-refractivity contribution in [3.8, 4) is 0 Å². The van der Waals surface area contributed by atoms with Crippen molar-refractivity contribution < 1.29 is 14.7 Å². The monoisotopic (exact) mass is 194 g/mol. The highest BCUT2D eigenvalue weighted by Gasteiger charge is 2.37. The van der Waals surface area contributed by atoms with Gasteiger partial charge >= 0.3 is 5.97 Å². The van der Waals surface area contributed by atoms with E-state index in [-0.39, 0.29) is 5.69 Å². The van der Waals surface area contributed by atoms with E-state index in [1.165, 1.54) is 12.1 Å². The van der Waals surface area contributed by atoms with Gasteiger partial charge in [-0.2, -0.15) is 0 Å². The Balaban J connectivity index is 2.61. The number of hydrogen-bond donors (Lipinski definition) is 3. The van der Waals surface area contributed by atoms with Crippen LogP contribution in [0.3, 0.4) is 0 Å². The molecule has 14 heavy (non-hydrogen) atoms. The molecule has 0 saturated carbocycles. The molecule has 1 unspecified atom stereocenters. The van der Waals surface area contributed by atoms with E-state index in [1.54, 1.807) is 0 Å². The normalized spacial score (nSPS) is 18.9. The lowest BCUT2D eigenvalue weighted by atomic mass is 10.1. The van der Waals surface area contributed by atoms with Crippen LogP contribution in [-0.4, -0.2) is 22.0 Å². The summed E-state index contributed by atoms with van der Waals surface area (Å²) in [4.78, 5) is 35.1. The summed E-state index contributed by atoms with van der Waals surface area (Å²) in [6, 6.07) is 2.61. The van der Waals surface area contributed by atoms with E-state index in [2.05, 4.69) is 10.3 Å². The van der Waals surface area contributed by atoms with E-state index < -0.39 is 23.4 Å².